The number of hydrogen-bond donors (Lipinski definition) is 0. The molecule has 2 atom stereocenters. The first-order valence-corrected chi connectivity index (χ1v) is 9.14. The van der Waals surface area contributed by atoms with Gasteiger partial charge in [0.15, 0.2) is 0 Å². The Kier molecular flexibility index (Phi) is 3.60. The van der Waals surface area contributed by atoms with Gasteiger partial charge in [-0.05, 0) is 23.8 Å². The minimum atomic E-state index is -3.37. The topological polar surface area (TPSA) is 57.7 Å². The molecule has 2 fully saturated rings. The van der Waals surface area contributed by atoms with E-state index >= 15 is 0 Å². The molecule has 1 saturated carbocycles. The van der Waals surface area contributed by atoms with E-state index in [1.54, 1.807) is 17.5 Å². The van der Waals surface area contributed by atoms with Crippen molar-refractivity contribution in [2.75, 3.05) is 26.2 Å². The zero-order valence-corrected chi connectivity index (χ0v) is 13.0. The van der Waals surface area contributed by atoms with Gasteiger partial charge in [0.1, 0.15) is 4.21 Å². The summed E-state index contributed by atoms with van der Waals surface area (Å²) in [6, 6.07) is 3.37. The summed E-state index contributed by atoms with van der Waals surface area (Å²) in [7, 11) is -3.37. The SMILES string of the molecule is CC1CC1C(=O)N1CCN(S(=O)(=O)c2cccs2)CC1. The first kappa shape index (κ1) is 14.0. The van der Waals surface area contributed by atoms with Crippen molar-refractivity contribution in [1.82, 2.24) is 9.21 Å². The number of sulfonamides is 1. The lowest BCUT2D eigenvalue weighted by Gasteiger charge is -2.33. The van der Waals surface area contributed by atoms with Gasteiger partial charge in [-0.25, -0.2) is 8.42 Å². The molecule has 1 aliphatic heterocycles. The van der Waals surface area contributed by atoms with Gasteiger partial charge in [-0.3, -0.25) is 4.79 Å². The van der Waals surface area contributed by atoms with Crippen LogP contribution in [0.2, 0.25) is 0 Å². The Balaban J connectivity index is 1.63. The molecule has 1 amide bonds. The predicted molar refractivity (Wildman–Crippen MR) is 76.9 cm³/mol. The first-order chi connectivity index (χ1) is 9.50. The minimum absolute atomic E-state index is 0.176. The molecule has 0 radical (unpaired) electrons. The maximum atomic E-state index is 12.4. The summed E-state index contributed by atoms with van der Waals surface area (Å²) < 4.78 is 26.6. The van der Waals surface area contributed by atoms with E-state index < -0.39 is 10.0 Å². The molecule has 0 spiro atoms. The second-order valence-corrected chi connectivity index (χ2v) is 8.59. The number of carbonyl (C=O) groups is 1. The molecule has 1 aromatic heterocycles. The highest BCUT2D eigenvalue weighted by atomic mass is 32.2. The lowest BCUT2D eigenvalue weighted by Crippen LogP contribution is -2.50. The summed E-state index contributed by atoms with van der Waals surface area (Å²) in [6.45, 7) is 3.89. The van der Waals surface area contributed by atoms with Crippen molar-refractivity contribution < 1.29 is 13.2 Å². The molecule has 2 aliphatic rings. The largest absolute Gasteiger partial charge is 0.340 e. The van der Waals surface area contributed by atoms with Crippen molar-refractivity contribution >= 4 is 27.3 Å². The Morgan fingerprint density at radius 1 is 1.30 bits per heavy atom. The quantitative estimate of drug-likeness (QED) is 0.843. The van der Waals surface area contributed by atoms with E-state index in [0.29, 0.717) is 36.3 Å². The van der Waals surface area contributed by atoms with E-state index in [2.05, 4.69) is 6.92 Å². The monoisotopic (exact) mass is 314 g/mol. The van der Waals surface area contributed by atoms with Gasteiger partial charge in [-0.1, -0.05) is 13.0 Å². The molecule has 1 aliphatic carbocycles. The average Bonchev–Trinajstić information content (AvgIpc) is 2.95. The van der Waals surface area contributed by atoms with Crippen LogP contribution >= 0.6 is 11.3 Å². The molecule has 2 heterocycles. The standard InChI is InChI=1S/C13H18N2O3S2/c1-10-9-11(10)13(16)14-4-6-15(7-5-14)20(17,18)12-3-2-8-19-12/h2-3,8,10-11H,4-7,9H2,1H3. The van der Waals surface area contributed by atoms with Crippen molar-refractivity contribution in [2.45, 2.75) is 17.6 Å². The van der Waals surface area contributed by atoms with Gasteiger partial charge < -0.3 is 4.90 Å². The number of thiophene rings is 1. The summed E-state index contributed by atoms with van der Waals surface area (Å²) in [5.41, 5.74) is 0. The predicted octanol–water partition coefficient (Wildman–Crippen LogP) is 1.24. The fourth-order valence-electron chi connectivity index (χ4n) is 2.59. The van der Waals surface area contributed by atoms with E-state index in [9.17, 15) is 13.2 Å². The van der Waals surface area contributed by atoms with E-state index in [4.69, 9.17) is 0 Å². The lowest BCUT2D eigenvalue weighted by atomic mass is 10.2. The van der Waals surface area contributed by atoms with Crippen LogP contribution in [0.4, 0.5) is 0 Å². The van der Waals surface area contributed by atoms with Gasteiger partial charge in [0.2, 0.25) is 5.91 Å². The van der Waals surface area contributed by atoms with Crippen LogP contribution in [0.5, 0.6) is 0 Å². The summed E-state index contributed by atoms with van der Waals surface area (Å²) in [5, 5.41) is 1.77. The Morgan fingerprint density at radius 3 is 2.45 bits per heavy atom. The van der Waals surface area contributed by atoms with Crippen LogP contribution in [0, 0.1) is 11.8 Å². The number of piperazine rings is 1. The lowest BCUT2D eigenvalue weighted by molar-refractivity contribution is -0.134. The normalized spacial score (nSPS) is 27.6. The number of hydrogen-bond acceptors (Lipinski definition) is 4. The molecule has 1 aromatic rings. The molecule has 5 nitrogen and oxygen atoms in total. The molecule has 0 aromatic carbocycles. The van der Waals surface area contributed by atoms with E-state index in [-0.39, 0.29) is 11.8 Å². The maximum absolute atomic E-state index is 12.4. The van der Waals surface area contributed by atoms with Crippen molar-refractivity contribution in [3.05, 3.63) is 17.5 Å². The Labute approximate surface area is 123 Å². The van der Waals surface area contributed by atoms with E-state index in [0.717, 1.165) is 6.42 Å². The van der Waals surface area contributed by atoms with Crippen LogP contribution in [0.25, 0.3) is 0 Å². The Bertz CT molecular complexity index is 589. The van der Waals surface area contributed by atoms with Crippen LogP contribution in [0.3, 0.4) is 0 Å². The zero-order chi connectivity index (χ0) is 14.3. The fraction of sp³-hybridized carbons (Fsp3) is 0.615. The summed E-state index contributed by atoms with van der Waals surface area (Å²) in [5.74, 6) is 0.872. The molecule has 1 saturated heterocycles. The number of amides is 1. The smallest absolute Gasteiger partial charge is 0.252 e. The molecule has 0 bridgehead atoms. The summed E-state index contributed by atoms with van der Waals surface area (Å²) >= 11 is 1.24. The molecule has 2 unspecified atom stereocenters. The van der Waals surface area contributed by atoms with Crippen LogP contribution in [-0.4, -0.2) is 49.7 Å². The van der Waals surface area contributed by atoms with Gasteiger partial charge in [0.25, 0.3) is 10.0 Å². The molecule has 0 N–H and O–H groups in total. The minimum Gasteiger partial charge on any atom is -0.340 e. The van der Waals surface area contributed by atoms with Crippen molar-refractivity contribution in [2.24, 2.45) is 11.8 Å². The highest BCUT2D eigenvalue weighted by Gasteiger charge is 2.42. The zero-order valence-electron chi connectivity index (χ0n) is 11.4. The molecule has 3 rings (SSSR count). The highest BCUT2D eigenvalue weighted by molar-refractivity contribution is 7.91. The van der Waals surface area contributed by atoms with Gasteiger partial charge in [0, 0.05) is 32.1 Å². The second-order valence-electron chi connectivity index (χ2n) is 5.48. The number of nitrogens with zero attached hydrogens (tertiary/aromatic N) is 2. The first-order valence-electron chi connectivity index (χ1n) is 6.82. The molecular weight excluding hydrogens is 296 g/mol. The van der Waals surface area contributed by atoms with Gasteiger partial charge in [-0.15, -0.1) is 11.3 Å². The molecule has 110 valence electrons. The third-order valence-corrected chi connectivity index (χ3v) is 7.34. The van der Waals surface area contributed by atoms with Gasteiger partial charge >= 0.3 is 0 Å². The summed E-state index contributed by atoms with van der Waals surface area (Å²) in [4.78, 5) is 13.9. The molecule has 20 heavy (non-hydrogen) atoms. The fourth-order valence-corrected chi connectivity index (χ4v) is 5.15. The van der Waals surface area contributed by atoms with Gasteiger partial charge in [0.05, 0.1) is 0 Å². The van der Waals surface area contributed by atoms with E-state index in [1.165, 1.54) is 15.6 Å². The van der Waals surface area contributed by atoms with Crippen molar-refractivity contribution in [1.29, 1.82) is 0 Å². The van der Waals surface area contributed by atoms with Crippen molar-refractivity contribution in [3.8, 4) is 0 Å². The third-order valence-electron chi connectivity index (χ3n) is 4.07. The molecular formula is C13H18N2O3S2. The van der Waals surface area contributed by atoms with Crippen LogP contribution in [0.15, 0.2) is 21.7 Å². The maximum Gasteiger partial charge on any atom is 0.252 e. The van der Waals surface area contributed by atoms with Crippen LogP contribution < -0.4 is 0 Å². The van der Waals surface area contributed by atoms with Gasteiger partial charge in [-0.2, -0.15) is 4.31 Å². The number of rotatable bonds is 3. The second kappa shape index (κ2) is 5.13. The van der Waals surface area contributed by atoms with E-state index in [1.807, 2.05) is 4.90 Å². The average molecular weight is 314 g/mol. The van der Waals surface area contributed by atoms with Crippen molar-refractivity contribution in [3.63, 3.8) is 0 Å². The Hall–Kier alpha value is -0.920. The molecule has 7 heteroatoms. The third kappa shape index (κ3) is 2.49. The van der Waals surface area contributed by atoms with Crippen LogP contribution in [-0.2, 0) is 14.8 Å². The number of carbonyl (C=O) groups excluding carboxylic acids is 1. The highest BCUT2D eigenvalue weighted by Crippen LogP contribution is 2.39. The Morgan fingerprint density at radius 2 is 1.95 bits per heavy atom. The summed E-state index contributed by atoms with van der Waals surface area (Å²) in [6.07, 6.45) is 0.979. The van der Waals surface area contributed by atoms with Crippen LogP contribution in [0.1, 0.15) is 13.3 Å².